The molecule has 0 aromatic heterocycles. The van der Waals surface area contributed by atoms with Crippen molar-refractivity contribution in [3.8, 4) is 11.5 Å². The van der Waals surface area contributed by atoms with E-state index in [1.54, 1.807) is 13.2 Å². The molecule has 1 aromatic rings. The molecule has 1 heterocycles. The molecule has 0 aliphatic carbocycles. The van der Waals surface area contributed by atoms with Gasteiger partial charge in [-0.2, -0.15) is 0 Å². The van der Waals surface area contributed by atoms with E-state index in [9.17, 15) is 5.11 Å². The fraction of sp³-hybridized carbons (Fsp3) is 0.455. The van der Waals surface area contributed by atoms with Crippen LogP contribution in [0.15, 0.2) is 6.07 Å². The molecule has 0 fully saturated rings. The van der Waals surface area contributed by atoms with Crippen molar-refractivity contribution in [3.05, 3.63) is 22.2 Å². The first kappa shape index (κ1) is 11.5. The van der Waals surface area contributed by atoms with Crippen molar-refractivity contribution in [3.63, 3.8) is 0 Å². The highest BCUT2D eigenvalue weighted by molar-refractivity contribution is 6.32. The molecule has 1 unspecified atom stereocenters. The second kappa shape index (κ2) is 4.49. The number of nitrogens with two attached hydrogens (primary N) is 1. The van der Waals surface area contributed by atoms with Gasteiger partial charge in [0.25, 0.3) is 0 Å². The fourth-order valence-electron chi connectivity index (χ4n) is 1.85. The summed E-state index contributed by atoms with van der Waals surface area (Å²) in [5, 5.41) is 10.3. The monoisotopic (exact) mass is 243 g/mol. The molecule has 0 radical (unpaired) electrons. The Morgan fingerprint density at radius 3 is 3.06 bits per heavy atom. The van der Waals surface area contributed by atoms with E-state index >= 15 is 0 Å². The lowest BCUT2D eigenvalue weighted by Crippen LogP contribution is -2.12. The molecule has 1 aliphatic heterocycles. The molecule has 0 bridgehead atoms. The molecule has 0 spiro atoms. The third kappa shape index (κ3) is 1.73. The summed E-state index contributed by atoms with van der Waals surface area (Å²) < 4.78 is 10.7. The minimum Gasteiger partial charge on any atom is -0.493 e. The first-order valence-electron chi connectivity index (χ1n) is 5.09. The lowest BCUT2D eigenvalue weighted by molar-refractivity contribution is 0.186. The molecule has 16 heavy (non-hydrogen) atoms. The molecule has 0 amide bonds. The summed E-state index contributed by atoms with van der Waals surface area (Å²) in [5.41, 5.74) is 6.92. The standard InChI is InChI=1S/C11H14ClNO3/c1-15-9-4-7(8(14)5-13)10(12)6-2-3-16-11(6)9/h4,8,14H,2-3,5,13H2,1H3. The van der Waals surface area contributed by atoms with Gasteiger partial charge in [-0.15, -0.1) is 0 Å². The highest BCUT2D eigenvalue weighted by atomic mass is 35.5. The minimum atomic E-state index is -0.771. The van der Waals surface area contributed by atoms with E-state index < -0.39 is 6.10 Å². The Morgan fingerprint density at radius 1 is 1.69 bits per heavy atom. The number of fused-ring (bicyclic) bond motifs is 1. The average Bonchev–Trinajstić information content (AvgIpc) is 2.78. The summed E-state index contributed by atoms with van der Waals surface area (Å²) in [6, 6.07) is 1.68. The fourth-order valence-corrected chi connectivity index (χ4v) is 2.21. The van der Waals surface area contributed by atoms with Crippen LogP contribution in [0.3, 0.4) is 0 Å². The Bertz CT molecular complexity index is 409. The molecule has 3 N–H and O–H groups in total. The van der Waals surface area contributed by atoms with Crippen LogP contribution in [-0.4, -0.2) is 25.4 Å². The first-order valence-corrected chi connectivity index (χ1v) is 5.47. The molecule has 88 valence electrons. The van der Waals surface area contributed by atoms with Crippen molar-refractivity contribution in [1.29, 1.82) is 0 Å². The minimum absolute atomic E-state index is 0.127. The van der Waals surface area contributed by atoms with Gasteiger partial charge in [0, 0.05) is 24.1 Å². The van der Waals surface area contributed by atoms with Crippen molar-refractivity contribution < 1.29 is 14.6 Å². The second-order valence-corrected chi connectivity index (χ2v) is 4.02. The average molecular weight is 244 g/mol. The number of aliphatic hydroxyl groups is 1. The quantitative estimate of drug-likeness (QED) is 0.839. The van der Waals surface area contributed by atoms with E-state index in [0.29, 0.717) is 28.7 Å². The van der Waals surface area contributed by atoms with Crippen molar-refractivity contribution in [2.75, 3.05) is 20.3 Å². The number of halogens is 1. The van der Waals surface area contributed by atoms with E-state index in [0.717, 1.165) is 12.0 Å². The molecule has 0 saturated carbocycles. The lowest BCUT2D eigenvalue weighted by Gasteiger charge is -2.15. The molecule has 1 aliphatic rings. The molecule has 2 rings (SSSR count). The number of hydrogen-bond acceptors (Lipinski definition) is 4. The smallest absolute Gasteiger partial charge is 0.165 e. The van der Waals surface area contributed by atoms with Gasteiger partial charge >= 0.3 is 0 Å². The van der Waals surface area contributed by atoms with Gasteiger partial charge in [-0.1, -0.05) is 11.6 Å². The molecule has 0 saturated heterocycles. The van der Waals surface area contributed by atoms with E-state index in [2.05, 4.69) is 0 Å². The van der Waals surface area contributed by atoms with E-state index in [-0.39, 0.29) is 6.54 Å². The van der Waals surface area contributed by atoms with Gasteiger partial charge in [0.15, 0.2) is 11.5 Å². The van der Waals surface area contributed by atoms with Crippen LogP contribution < -0.4 is 15.2 Å². The van der Waals surface area contributed by atoms with Crippen LogP contribution >= 0.6 is 11.6 Å². The summed E-state index contributed by atoms with van der Waals surface area (Å²) in [6.45, 7) is 0.718. The number of aliphatic hydroxyl groups excluding tert-OH is 1. The summed E-state index contributed by atoms with van der Waals surface area (Å²) in [5.74, 6) is 1.28. The van der Waals surface area contributed by atoms with Crippen molar-refractivity contribution in [1.82, 2.24) is 0 Å². The first-order chi connectivity index (χ1) is 7.69. The summed E-state index contributed by atoms with van der Waals surface area (Å²) in [6.07, 6.45) is -0.0392. The molecule has 1 atom stereocenters. The van der Waals surface area contributed by atoms with E-state index in [4.69, 9.17) is 26.8 Å². The van der Waals surface area contributed by atoms with Crippen LogP contribution in [0.2, 0.25) is 5.02 Å². The number of rotatable bonds is 3. The maximum Gasteiger partial charge on any atom is 0.165 e. The normalized spacial score (nSPS) is 15.5. The zero-order valence-corrected chi connectivity index (χ0v) is 9.75. The Morgan fingerprint density at radius 2 is 2.44 bits per heavy atom. The highest BCUT2D eigenvalue weighted by Gasteiger charge is 2.25. The molecule has 4 nitrogen and oxygen atoms in total. The number of ether oxygens (including phenoxy) is 2. The van der Waals surface area contributed by atoms with Gasteiger partial charge in [0.2, 0.25) is 0 Å². The van der Waals surface area contributed by atoms with Gasteiger partial charge in [-0.25, -0.2) is 0 Å². The van der Waals surface area contributed by atoms with Crippen LogP contribution in [0, 0.1) is 0 Å². The van der Waals surface area contributed by atoms with Crippen LogP contribution in [-0.2, 0) is 6.42 Å². The van der Waals surface area contributed by atoms with Crippen molar-refractivity contribution in [2.24, 2.45) is 5.73 Å². The van der Waals surface area contributed by atoms with Crippen LogP contribution in [0.1, 0.15) is 17.2 Å². The van der Waals surface area contributed by atoms with Gasteiger partial charge in [0.05, 0.1) is 24.8 Å². The van der Waals surface area contributed by atoms with Gasteiger partial charge in [-0.3, -0.25) is 0 Å². The highest BCUT2D eigenvalue weighted by Crippen LogP contribution is 2.43. The Kier molecular flexibility index (Phi) is 3.23. The maximum absolute atomic E-state index is 9.76. The van der Waals surface area contributed by atoms with Crippen LogP contribution in [0.4, 0.5) is 0 Å². The zero-order chi connectivity index (χ0) is 11.7. The largest absolute Gasteiger partial charge is 0.493 e. The Labute approximate surface area is 98.9 Å². The maximum atomic E-state index is 9.76. The molecular weight excluding hydrogens is 230 g/mol. The molecular formula is C11H14ClNO3. The Hall–Kier alpha value is -0.970. The molecule has 5 heteroatoms. The van der Waals surface area contributed by atoms with Gasteiger partial charge < -0.3 is 20.3 Å². The number of hydrogen-bond donors (Lipinski definition) is 2. The molecule has 1 aromatic carbocycles. The predicted octanol–water partition coefficient (Wildman–Crippen LogP) is 1.28. The summed E-state index contributed by atoms with van der Waals surface area (Å²) in [4.78, 5) is 0. The van der Waals surface area contributed by atoms with Crippen LogP contribution in [0.25, 0.3) is 0 Å². The van der Waals surface area contributed by atoms with E-state index in [1.165, 1.54) is 0 Å². The predicted molar refractivity (Wildman–Crippen MR) is 61.2 cm³/mol. The van der Waals surface area contributed by atoms with E-state index in [1.807, 2.05) is 0 Å². The summed E-state index contributed by atoms with van der Waals surface area (Å²) in [7, 11) is 1.56. The lowest BCUT2D eigenvalue weighted by atomic mass is 10.0. The van der Waals surface area contributed by atoms with Gasteiger partial charge in [-0.05, 0) is 6.07 Å². The third-order valence-electron chi connectivity index (χ3n) is 2.70. The van der Waals surface area contributed by atoms with Gasteiger partial charge in [0.1, 0.15) is 0 Å². The summed E-state index contributed by atoms with van der Waals surface area (Å²) >= 11 is 6.21. The topological polar surface area (TPSA) is 64.7 Å². The second-order valence-electron chi connectivity index (χ2n) is 3.64. The number of methoxy groups -OCH3 is 1. The Balaban J connectivity index is 2.55. The number of benzene rings is 1. The van der Waals surface area contributed by atoms with Crippen molar-refractivity contribution in [2.45, 2.75) is 12.5 Å². The third-order valence-corrected chi connectivity index (χ3v) is 3.15. The SMILES string of the molecule is COc1cc(C(O)CN)c(Cl)c2c1OCC2. The van der Waals surface area contributed by atoms with Crippen molar-refractivity contribution >= 4 is 11.6 Å². The van der Waals surface area contributed by atoms with Crippen LogP contribution in [0.5, 0.6) is 11.5 Å². The zero-order valence-electron chi connectivity index (χ0n) is 9.00.